The Kier molecular flexibility index (Phi) is 3.48. The molecule has 2 rings (SSSR count). The maximum Gasteiger partial charge on any atom is 0.128 e. The molecule has 0 aliphatic rings. The molecule has 0 bridgehead atoms. The monoisotopic (exact) mass is 243 g/mol. The van der Waals surface area contributed by atoms with Gasteiger partial charge in [-0.15, -0.1) is 0 Å². The number of aryl methyl sites for hydroxylation is 3. The maximum atomic E-state index is 14.1. The summed E-state index contributed by atoms with van der Waals surface area (Å²) in [5.41, 5.74) is 10.7. The highest BCUT2D eigenvalue weighted by atomic mass is 19.1. The van der Waals surface area contributed by atoms with Gasteiger partial charge in [0.15, 0.2) is 0 Å². The summed E-state index contributed by atoms with van der Waals surface area (Å²) in [6, 6.07) is 11.0. The maximum absolute atomic E-state index is 14.1. The van der Waals surface area contributed by atoms with E-state index in [1.54, 1.807) is 0 Å². The van der Waals surface area contributed by atoms with Crippen molar-refractivity contribution in [2.75, 3.05) is 0 Å². The van der Waals surface area contributed by atoms with Crippen LogP contribution in [0.5, 0.6) is 0 Å². The largest absolute Gasteiger partial charge is 0.320 e. The molecule has 1 atom stereocenters. The van der Waals surface area contributed by atoms with Crippen LogP contribution in [0.4, 0.5) is 4.39 Å². The molecule has 0 aromatic heterocycles. The number of rotatable bonds is 2. The molecule has 0 saturated heterocycles. The predicted molar refractivity (Wildman–Crippen MR) is 73.1 cm³/mol. The average molecular weight is 243 g/mol. The number of hydrogen-bond donors (Lipinski definition) is 1. The Balaban J connectivity index is 2.49. The highest BCUT2D eigenvalue weighted by molar-refractivity contribution is 5.40. The molecule has 0 heterocycles. The van der Waals surface area contributed by atoms with Gasteiger partial charge in [-0.05, 0) is 43.5 Å². The van der Waals surface area contributed by atoms with Gasteiger partial charge in [-0.2, -0.15) is 0 Å². The summed E-state index contributed by atoms with van der Waals surface area (Å²) in [6.45, 7) is 5.80. The van der Waals surface area contributed by atoms with Crippen LogP contribution in [0.3, 0.4) is 0 Å². The SMILES string of the molecule is Cc1cccc(C(N)c2c(C)cc(C)cc2F)c1. The molecule has 94 valence electrons. The van der Waals surface area contributed by atoms with Gasteiger partial charge in [0.05, 0.1) is 6.04 Å². The summed E-state index contributed by atoms with van der Waals surface area (Å²) in [5.74, 6) is -0.221. The van der Waals surface area contributed by atoms with Crippen LogP contribution in [0.2, 0.25) is 0 Å². The van der Waals surface area contributed by atoms with E-state index < -0.39 is 6.04 Å². The molecule has 1 unspecified atom stereocenters. The minimum atomic E-state index is -0.412. The van der Waals surface area contributed by atoms with Gasteiger partial charge in [0.1, 0.15) is 5.82 Å². The van der Waals surface area contributed by atoms with Crippen LogP contribution in [0.25, 0.3) is 0 Å². The van der Waals surface area contributed by atoms with Gasteiger partial charge in [0, 0.05) is 5.56 Å². The van der Waals surface area contributed by atoms with Gasteiger partial charge >= 0.3 is 0 Å². The lowest BCUT2D eigenvalue weighted by molar-refractivity contribution is 0.596. The Morgan fingerprint density at radius 3 is 2.33 bits per heavy atom. The quantitative estimate of drug-likeness (QED) is 0.853. The average Bonchev–Trinajstić information content (AvgIpc) is 2.27. The van der Waals surface area contributed by atoms with Crippen molar-refractivity contribution in [2.24, 2.45) is 5.73 Å². The summed E-state index contributed by atoms with van der Waals surface area (Å²) in [5, 5.41) is 0. The molecule has 0 amide bonds. The van der Waals surface area contributed by atoms with E-state index in [4.69, 9.17) is 5.73 Å². The lowest BCUT2D eigenvalue weighted by atomic mass is 9.93. The van der Waals surface area contributed by atoms with E-state index in [9.17, 15) is 4.39 Å². The van der Waals surface area contributed by atoms with E-state index in [2.05, 4.69) is 0 Å². The summed E-state index contributed by atoms with van der Waals surface area (Å²) in [4.78, 5) is 0. The second-order valence-corrected chi connectivity index (χ2v) is 4.87. The van der Waals surface area contributed by atoms with E-state index in [0.717, 1.165) is 22.3 Å². The fraction of sp³-hybridized carbons (Fsp3) is 0.250. The lowest BCUT2D eigenvalue weighted by Gasteiger charge is -2.17. The Labute approximate surface area is 107 Å². The highest BCUT2D eigenvalue weighted by Gasteiger charge is 2.16. The van der Waals surface area contributed by atoms with Crippen molar-refractivity contribution in [2.45, 2.75) is 26.8 Å². The minimum absolute atomic E-state index is 0.221. The first-order valence-electron chi connectivity index (χ1n) is 6.08. The van der Waals surface area contributed by atoms with E-state index >= 15 is 0 Å². The number of halogens is 1. The molecule has 0 spiro atoms. The van der Waals surface area contributed by atoms with Crippen molar-refractivity contribution in [3.05, 3.63) is 70.0 Å². The van der Waals surface area contributed by atoms with Crippen LogP contribution in [0.1, 0.15) is 33.9 Å². The van der Waals surface area contributed by atoms with E-state index in [1.165, 1.54) is 6.07 Å². The van der Waals surface area contributed by atoms with Crippen LogP contribution in [0.15, 0.2) is 36.4 Å². The first kappa shape index (κ1) is 12.8. The first-order valence-corrected chi connectivity index (χ1v) is 6.08. The molecule has 0 aliphatic heterocycles. The number of nitrogens with two attached hydrogens (primary N) is 1. The van der Waals surface area contributed by atoms with Gasteiger partial charge in [-0.25, -0.2) is 4.39 Å². The molecule has 0 aliphatic carbocycles. The molecule has 1 nitrogen and oxygen atoms in total. The van der Waals surface area contributed by atoms with Gasteiger partial charge < -0.3 is 5.73 Å². The van der Waals surface area contributed by atoms with Crippen LogP contribution in [-0.2, 0) is 0 Å². The van der Waals surface area contributed by atoms with Crippen LogP contribution < -0.4 is 5.73 Å². The molecule has 2 aromatic rings. The molecule has 0 saturated carbocycles. The fourth-order valence-corrected chi connectivity index (χ4v) is 2.35. The third kappa shape index (κ3) is 2.44. The number of hydrogen-bond acceptors (Lipinski definition) is 1. The van der Waals surface area contributed by atoms with Crippen molar-refractivity contribution in [3.63, 3.8) is 0 Å². The molecule has 0 fully saturated rings. The predicted octanol–water partition coefficient (Wildman–Crippen LogP) is 3.80. The summed E-state index contributed by atoms with van der Waals surface area (Å²) in [6.07, 6.45) is 0. The van der Waals surface area contributed by atoms with E-state index in [0.29, 0.717) is 5.56 Å². The summed E-state index contributed by atoms with van der Waals surface area (Å²) >= 11 is 0. The molecule has 2 heteroatoms. The second-order valence-electron chi connectivity index (χ2n) is 4.87. The standard InChI is InChI=1S/C16H18FN/c1-10-5-4-6-13(8-10)16(18)15-12(3)7-11(2)9-14(15)17/h4-9,16H,18H2,1-3H3. The van der Waals surface area contributed by atoms with Crippen molar-refractivity contribution < 1.29 is 4.39 Å². The zero-order valence-electron chi connectivity index (χ0n) is 11.0. The molecule has 2 N–H and O–H groups in total. The van der Waals surface area contributed by atoms with Gasteiger partial charge in [-0.3, -0.25) is 0 Å². The van der Waals surface area contributed by atoms with Crippen molar-refractivity contribution in [1.82, 2.24) is 0 Å². The number of benzene rings is 2. The zero-order valence-corrected chi connectivity index (χ0v) is 11.0. The smallest absolute Gasteiger partial charge is 0.128 e. The van der Waals surface area contributed by atoms with E-state index in [-0.39, 0.29) is 5.82 Å². The topological polar surface area (TPSA) is 26.0 Å². The van der Waals surface area contributed by atoms with Crippen LogP contribution in [0, 0.1) is 26.6 Å². The third-order valence-electron chi connectivity index (χ3n) is 3.19. The van der Waals surface area contributed by atoms with E-state index in [1.807, 2.05) is 51.1 Å². The third-order valence-corrected chi connectivity index (χ3v) is 3.19. The van der Waals surface area contributed by atoms with Crippen LogP contribution >= 0.6 is 0 Å². The zero-order chi connectivity index (χ0) is 13.3. The Bertz CT molecular complexity index is 552. The fourth-order valence-electron chi connectivity index (χ4n) is 2.35. The van der Waals surface area contributed by atoms with Gasteiger partial charge in [-0.1, -0.05) is 35.9 Å². The minimum Gasteiger partial charge on any atom is -0.320 e. The Morgan fingerprint density at radius 2 is 1.72 bits per heavy atom. The normalized spacial score (nSPS) is 12.5. The van der Waals surface area contributed by atoms with Crippen molar-refractivity contribution in [1.29, 1.82) is 0 Å². The Morgan fingerprint density at radius 1 is 1.00 bits per heavy atom. The molecule has 0 radical (unpaired) electrons. The summed E-state index contributed by atoms with van der Waals surface area (Å²) in [7, 11) is 0. The molecular weight excluding hydrogens is 225 g/mol. The van der Waals surface area contributed by atoms with Crippen LogP contribution in [-0.4, -0.2) is 0 Å². The van der Waals surface area contributed by atoms with Gasteiger partial charge in [0.2, 0.25) is 0 Å². The molecule has 18 heavy (non-hydrogen) atoms. The molecule has 2 aromatic carbocycles. The van der Waals surface area contributed by atoms with Crippen molar-refractivity contribution in [3.8, 4) is 0 Å². The lowest BCUT2D eigenvalue weighted by Crippen LogP contribution is -2.15. The first-order chi connectivity index (χ1) is 8.49. The highest BCUT2D eigenvalue weighted by Crippen LogP contribution is 2.26. The van der Waals surface area contributed by atoms with Gasteiger partial charge in [0.25, 0.3) is 0 Å². The van der Waals surface area contributed by atoms with Crippen molar-refractivity contribution >= 4 is 0 Å². The molecular formula is C16H18FN. The second kappa shape index (κ2) is 4.91. The Hall–Kier alpha value is -1.67. The summed E-state index contributed by atoms with van der Waals surface area (Å²) < 4.78 is 14.1.